The van der Waals surface area contributed by atoms with Gasteiger partial charge in [-0.1, -0.05) is 15.9 Å². The molecule has 0 saturated carbocycles. The van der Waals surface area contributed by atoms with Crippen LogP contribution in [0.1, 0.15) is 0 Å². The summed E-state index contributed by atoms with van der Waals surface area (Å²) < 4.78 is 1.87. The van der Waals surface area contributed by atoms with Crippen molar-refractivity contribution in [2.75, 3.05) is 16.8 Å². The lowest BCUT2D eigenvalue weighted by atomic mass is 10.3. The third-order valence-corrected chi connectivity index (χ3v) is 3.14. The van der Waals surface area contributed by atoms with Crippen molar-refractivity contribution < 1.29 is 0 Å². The Bertz CT molecular complexity index is 538. The van der Waals surface area contributed by atoms with Crippen LogP contribution in [-0.4, -0.2) is 9.97 Å². The average molecular weight is 359 g/mol. The zero-order valence-corrected chi connectivity index (χ0v) is 11.8. The summed E-state index contributed by atoms with van der Waals surface area (Å²) >= 11 is 6.83. The normalized spacial score (nSPS) is 10.2. The topological polar surface area (TPSA) is 89.8 Å². The number of aromatic nitrogens is 2. The Morgan fingerprint density at radius 3 is 2.53 bits per heavy atom. The van der Waals surface area contributed by atoms with Crippen LogP contribution < -0.4 is 16.8 Å². The lowest BCUT2D eigenvalue weighted by molar-refractivity contribution is 1.19. The van der Waals surface area contributed by atoms with E-state index in [-0.39, 0.29) is 5.95 Å². The first-order valence-electron chi connectivity index (χ1n) is 4.67. The van der Waals surface area contributed by atoms with Gasteiger partial charge in [-0.15, -0.1) is 0 Å². The molecule has 0 atom stereocenters. The number of nitrogens with two attached hydrogens (primary N) is 2. The summed E-state index contributed by atoms with van der Waals surface area (Å²) in [6.07, 6.45) is 0. The number of nitrogens with one attached hydrogen (secondary N) is 1. The molecular formula is C10H9Br2N5. The second-order valence-corrected chi connectivity index (χ2v) is 5.06. The Morgan fingerprint density at radius 1 is 1.06 bits per heavy atom. The van der Waals surface area contributed by atoms with Gasteiger partial charge in [0.2, 0.25) is 5.95 Å². The van der Waals surface area contributed by atoms with Gasteiger partial charge in [0, 0.05) is 15.0 Å². The Balaban J connectivity index is 2.34. The molecule has 5 nitrogen and oxygen atoms in total. The van der Waals surface area contributed by atoms with Gasteiger partial charge in [0.1, 0.15) is 11.6 Å². The van der Waals surface area contributed by atoms with Gasteiger partial charge in [-0.05, 0) is 34.1 Å². The highest BCUT2D eigenvalue weighted by atomic mass is 79.9. The molecule has 5 N–H and O–H groups in total. The second-order valence-electron chi connectivity index (χ2n) is 3.29. The zero-order valence-electron chi connectivity index (χ0n) is 8.61. The number of hydrogen-bond donors (Lipinski definition) is 3. The quantitative estimate of drug-likeness (QED) is 0.767. The van der Waals surface area contributed by atoms with E-state index in [0.29, 0.717) is 11.6 Å². The molecule has 17 heavy (non-hydrogen) atoms. The minimum absolute atomic E-state index is 0.138. The molecule has 2 rings (SSSR count). The lowest BCUT2D eigenvalue weighted by Crippen LogP contribution is -2.03. The predicted molar refractivity (Wildman–Crippen MR) is 76.0 cm³/mol. The van der Waals surface area contributed by atoms with Crippen LogP contribution in [0.5, 0.6) is 0 Å². The first-order valence-corrected chi connectivity index (χ1v) is 6.25. The Labute approximate surface area is 115 Å². The maximum Gasteiger partial charge on any atom is 0.223 e. The summed E-state index contributed by atoms with van der Waals surface area (Å²) in [5.74, 6) is 1.01. The molecule has 0 unspecified atom stereocenters. The summed E-state index contributed by atoms with van der Waals surface area (Å²) in [5, 5.41) is 3.11. The van der Waals surface area contributed by atoms with Crippen molar-refractivity contribution in [3.8, 4) is 0 Å². The van der Waals surface area contributed by atoms with Gasteiger partial charge in [-0.2, -0.15) is 9.97 Å². The highest BCUT2D eigenvalue weighted by Gasteiger charge is 2.04. The largest absolute Gasteiger partial charge is 0.383 e. The summed E-state index contributed by atoms with van der Waals surface area (Å²) in [5.41, 5.74) is 12.0. The fourth-order valence-electron chi connectivity index (χ4n) is 1.28. The molecular weight excluding hydrogens is 350 g/mol. The number of rotatable bonds is 2. The lowest BCUT2D eigenvalue weighted by Gasteiger charge is -2.09. The van der Waals surface area contributed by atoms with E-state index >= 15 is 0 Å². The third-order valence-electron chi connectivity index (χ3n) is 1.95. The van der Waals surface area contributed by atoms with Gasteiger partial charge in [0.25, 0.3) is 0 Å². The van der Waals surface area contributed by atoms with E-state index in [1.165, 1.54) is 0 Å². The first-order chi connectivity index (χ1) is 8.04. The minimum atomic E-state index is 0.138. The number of nitrogens with zero attached hydrogens (tertiary/aromatic N) is 2. The van der Waals surface area contributed by atoms with Crippen molar-refractivity contribution in [2.45, 2.75) is 0 Å². The molecule has 0 amide bonds. The fraction of sp³-hybridized carbons (Fsp3) is 0. The molecule has 0 fully saturated rings. The number of anilines is 4. The van der Waals surface area contributed by atoms with Gasteiger partial charge in [0.15, 0.2) is 0 Å². The van der Waals surface area contributed by atoms with Crippen molar-refractivity contribution in [2.24, 2.45) is 0 Å². The first kappa shape index (κ1) is 12.1. The van der Waals surface area contributed by atoms with Crippen LogP contribution in [0.25, 0.3) is 0 Å². The van der Waals surface area contributed by atoms with E-state index in [0.717, 1.165) is 14.6 Å². The summed E-state index contributed by atoms with van der Waals surface area (Å²) in [7, 11) is 0. The SMILES string of the molecule is Nc1cc(Nc2cc(Br)ccc2Br)nc(N)n1. The zero-order chi connectivity index (χ0) is 12.4. The highest BCUT2D eigenvalue weighted by Crippen LogP contribution is 2.28. The molecule has 0 aliphatic rings. The van der Waals surface area contributed by atoms with Crippen molar-refractivity contribution in [3.05, 3.63) is 33.2 Å². The molecule has 1 aromatic carbocycles. The average Bonchev–Trinajstić information content (AvgIpc) is 2.22. The highest BCUT2D eigenvalue weighted by molar-refractivity contribution is 9.11. The minimum Gasteiger partial charge on any atom is -0.383 e. The number of halogens is 2. The van der Waals surface area contributed by atoms with Crippen molar-refractivity contribution in [3.63, 3.8) is 0 Å². The molecule has 7 heteroatoms. The van der Waals surface area contributed by atoms with Crippen LogP contribution in [0.4, 0.5) is 23.3 Å². The van der Waals surface area contributed by atoms with E-state index in [1.807, 2.05) is 18.2 Å². The van der Waals surface area contributed by atoms with Gasteiger partial charge in [0.05, 0.1) is 5.69 Å². The van der Waals surface area contributed by atoms with E-state index in [2.05, 4.69) is 47.1 Å². The van der Waals surface area contributed by atoms with Crippen LogP contribution in [0.3, 0.4) is 0 Å². The number of nitrogen functional groups attached to an aromatic ring is 2. The van der Waals surface area contributed by atoms with E-state index in [9.17, 15) is 0 Å². The van der Waals surface area contributed by atoms with Gasteiger partial charge < -0.3 is 16.8 Å². The molecule has 0 bridgehead atoms. The number of benzene rings is 1. The standard InChI is InChI=1S/C10H9Br2N5/c11-5-1-2-6(12)7(3-5)15-9-4-8(13)16-10(14)17-9/h1-4H,(H5,13,14,15,16,17). The fourth-order valence-corrected chi connectivity index (χ4v) is 1.99. The molecule has 0 aliphatic heterocycles. The smallest absolute Gasteiger partial charge is 0.223 e. The second kappa shape index (κ2) is 4.89. The summed E-state index contributed by atoms with van der Waals surface area (Å²) in [6.45, 7) is 0. The van der Waals surface area contributed by atoms with Crippen LogP contribution in [-0.2, 0) is 0 Å². The molecule has 0 aliphatic carbocycles. The van der Waals surface area contributed by atoms with Crippen LogP contribution in [0.2, 0.25) is 0 Å². The van der Waals surface area contributed by atoms with Crippen LogP contribution in [0.15, 0.2) is 33.2 Å². The Kier molecular flexibility index (Phi) is 3.49. The summed E-state index contributed by atoms with van der Waals surface area (Å²) in [4.78, 5) is 7.84. The monoisotopic (exact) mass is 357 g/mol. The van der Waals surface area contributed by atoms with Gasteiger partial charge in [-0.3, -0.25) is 0 Å². The van der Waals surface area contributed by atoms with Crippen molar-refractivity contribution in [1.29, 1.82) is 0 Å². The Morgan fingerprint density at radius 2 is 1.82 bits per heavy atom. The molecule has 1 aromatic heterocycles. The third kappa shape index (κ3) is 3.07. The molecule has 88 valence electrons. The van der Waals surface area contributed by atoms with E-state index < -0.39 is 0 Å². The van der Waals surface area contributed by atoms with Crippen molar-refractivity contribution >= 4 is 55.1 Å². The molecule has 0 radical (unpaired) electrons. The number of hydrogen-bond acceptors (Lipinski definition) is 5. The molecule has 2 aromatic rings. The maximum atomic E-state index is 5.59. The molecule has 0 saturated heterocycles. The van der Waals surface area contributed by atoms with Gasteiger partial charge in [-0.25, -0.2) is 0 Å². The van der Waals surface area contributed by atoms with E-state index in [1.54, 1.807) is 6.07 Å². The van der Waals surface area contributed by atoms with Gasteiger partial charge >= 0.3 is 0 Å². The summed E-state index contributed by atoms with van der Waals surface area (Å²) in [6, 6.07) is 7.38. The predicted octanol–water partition coefficient (Wildman–Crippen LogP) is 2.91. The van der Waals surface area contributed by atoms with Crippen molar-refractivity contribution in [1.82, 2.24) is 9.97 Å². The Hall–Kier alpha value is -1.34. The van der Waals surface area contributed by atoms with Crippen LogP contribution >= 0.6 is 31.9 Å². The maximum absolute atomic E-state index is 5.59. The van der Waals surface area contributed by atoms with E-state index in [4.69, 9.17) is 11.5 Å². The molecule has 1 heterocycles. The molecule has 0 spiro atoms. The van der Waals surface area contributed by atoms with Crippen LogP contribution in [0, 0.1) is 0 Å².